The third-order valence-corrected chi connectivity index (χ3v) is 6.39. The second-order valence-electron chi connectivity index (χ2n) is 7.99. The van der Waals surface area contributed by atoms with Crippen LogP contribution in [0.2, 0.25) is 0 Å². The molecule has 3 heterocycles. The minimum Gasteiger partial charge on any atom is -0.326 e. The lowest BCUT2D eigenvalue weighted by molar-refractivity contribution is -0.115. The standard InChI is InChI=1S/C25H19F2N5O2S/c1-14-11-20(30-32(14)21-6-4-3-5-19(21)27)23-15(2)28-25-31(24(23)34)18(13-35-25)12-22(33)29-17-9-7-16(26)8-10-17/h3-11,13H,12H2,1-2H3,(H,29,33). The maximum Gasteiger partial charge on any atom is 0.268 e. The molecule has 0 aliphatic carbocycles. The zero-order chi connectivity index (χ0) is 24.7. The first-order valence-electron chi connectivity index (χ1n) is 10.7. The summed E-state index contributed by atoms with van der Waals surface area (Å²) in [7, 11) is 0. The number of aromatic nitrogens is 4. The van der Waals surface area contributed by atoms with Crippen molar-refractivity contribution in [2.24, 2.45) is 0 Å². The first kappa shape index (κ1) is 22.6. The van der Waals surface area contributed by atoms with Crippen molar-refractivity contribution >= 4 is 27.9 Å². The van der Waals surface area contributed by atoms with E-state index in [9.17, 15) is 18.4 Å². The van der Waals surface area contributed by atoms with Crippen LogP contribution in [0, 0.1) is 25.5 Å². The highest BCUT2D eigenvalue weighted by molar-refractivity contribution is 7.15. The average Bonchev–Trinajstić information content (AvgIpc) is 3.39. The van der Waals surface area contributed by atoms with E-state index in [0.717, 1.165) is 0 Å². The lowest BCUT2D eigenvalue weighted by Crippen LogP contribution is -2.22. The molecule has 1 N–H and O–H groups in total. The molecule has 176 valence electrons. The minimum atomic E-state index is -0.431. The van der Waals surface area contributed by atoms with Crippen molar-refractivity contribution in [1.29, 1.82) is 0 Å². The number of halogens is 2. The fourth-order valence-electron chi connectivity index (χ4n) is 3.89. The van der Waals surface area contributed by atoms with Crippen molar-refractivity contribution in [3.8, 4) is 16.9 Å². The number of anilines is 1. The summed E-state index contributed by atoms with van der Waals surface area (Å²) < 4.78 is 30.3. The van der Waals surface area contributed by atoms with E-state index in [1.807, 2.05) is 0 Å². The molecule has 0 fully saturated rings. The SMILES string of the molecule is Cc1nc2scc(CC(=O)Nc3ccc(F)cc3)n2c(=O)c1-c1cc(C)n(-c2ccccc2F)n1. The number of aryl methyl sites for hydroxylation is 2. The van der Waals surface area contributed by atoms with Gasteiger partial charge in [-0.25, -0.2) is 18.4 Å². The van der Waals surface area contributed by atoms with Crippen LogP contribution in [0.15, 0.2) is 64.8 Å². The summed E-state index contributed by atoms with van der Waals surface area (Å²) in [6, 6.07) is 13.4. The number of rotatable bonds is 5. The predicted molar refractivity (Wildman–Crippen MR) is 130 cm³/mol. The van der Waals surface area contributed by atoms with E-state index in [4.69, 9.17) is 0 Å². The fraction of sp³-hybridized carbons (Fsp3) is 0.120. The van der Waals surface area contributed by atoms with Gasteiger partial charge in [0.25, 0.3) is 5.56 Å². The smallest absolute Gasteiger partial charge is 0.268 e. The van der Waals surface area contributed by atoms with Crippen molar-refractivity contribution in [3.05, 3.63) is 99.0 Å². The van der Waals surface area contributed by atoms with Crippen molar-refractivity contribution < 1.29 is 13.6 Å². The number of hydrogen-bond donors (Lipinski definition) is 1. The zero-order valence-electron chi connectivity index (χ0n) is 18.8. The van der Waals surface area contributed by atoms with Gasteiger partial charge in [-0.05, 0) is 56.3 Å². The van der Waals surface area contributed by atoms with Crippen LogP contribution in [0.25, 0.3) is 21.9 Å². The molecule has 0 radical (unpaired) electrons. The van der Waals surface area contributed by atoms with Gasteiger partial charge in [0, 0.05) is 22.5 Å². The van der Waals surface area contributed by atoms with Gasteiger partial charge in [-0.3, -0.25) is 14.0 Å². The Kier molecular flexibility index (Phi) is 5.73. The third-order valence-electron chi connectivity index (χ3n) is 5.51. The zero-order valence-corrected chi connectivity index (χ0v) is 19.6. The van der Waals surface area contributed by atoms with Crippen molar-refractivity contribution in [3.63, 3.8) is 0 Å². The molecule has 2 aromatic carbocycles. The second kappa shape index (κ2) is 8.88. The summed E-state index contributed by atoms with van der Waals surface area (Å²) in [5.74, 6) is -1.19. The summed E-state index contributed by atoms with van der Waals surface area (Å²) >= 11 is 1.25. The topological polar surface area (TPSA) is 81.3 Å². The van der Waals surface area contributed by atoms with Gasteiger partial charge in [-0.2, -0.15) is 5.10 Å². The highest BCUT2D eigenvalue weighted by Gasteiger charge is 2.20. The molecule has 10 heteroatoms. The largest absolute Gasteiger partial charge is 0.326 e. The molecule has 5 aromatic rings. The van der Waals surface area contributed by atoms with E-state index in [0.29, 0.717) is 33.4 Å². The molecule has 5 rings (SSSR count). The van der Waals surface area contributed by atoms with E-state index >= 15 is 0 Å². The lowest BCUT2D eigenvalue weighted by Gasteiger charge is -2.07. The van der Waals surface area contributed by atoms with Gasteiger partial charge in [0.05, 0.1) is 17.7 Å². The Morgan fingerprint density at radius 3 is 2.57 bits per heavy atom. The summed E-state index contributed by atoms with van der Waals surface area (Å²) in [5, 5.41) is 8.90. The number of benzene rings is 2. The lowest BCUT2D eigenvalue weighted by atomic mass is 10.1. The van der Waals surface area contributed by atoms with Crippen LogP contribution in [0.4, 0.5) is 14.5 Å². The molecule has 0 spiro atoms. The normalized spacial score (nSPS) is 11.2. The quantitative estimate of drug-likeness (QED) is 0.387. The van der Waals surface area contributed by atoms with Crippen LogP contribution in [0.5, 0.6) is 0 Å². The van der Waals surface area contributed by atoms with Crippen LogP contribution in [0.3, 0.4) is 0 Å². The molecule has 0 saturated heterocycles. The van der Waals surface area contributed by atoms with Crippen molar-refractivity contribution in [2.45, 2.75) is 20.3 Å². The highest BCUT2D eigenvalue weighted by Crippen LogP contribution is 2.24. The summed E-state index contributed by atoms with van der Waals surface area (Å²) in [6.07, 6.45) is -0.0792. The van der Waals surface area contributed by atoms with Gasteiger partial charge >= 0.3 is 0 Å². The first-order valence-corrected chi connectivity index (χ1v) is 11.6. The Morgan fingerprint density at radius 2 is 1.83 bits per heavy atom. The average molecular weight is 492 g/mol. The molecule has 7 nitrogen and oxygen atoms in total. The van der Waals surface area contributed by atoms with E-state index in [1.54, 1.807) is 43.5 Å². The summed E-state index contributed by atoms with van der Waals surface area (Å²) in [5.41, 5.74) is 2.60. The molecule has 0 bridgehead atoms. The number of carbonyl (C=O) groups is 1. The van der Waals surface area contributed by atoms with Gasteiger partial charge in [0.2, 0.25) is 5.91 Å². The van der Waals surface area contributed by atoms with Crippen LogP contribution in [-0.2, 0) is 11.2 Å². The molecule has 0 aliphatic rings. The van der Waals surface area contributed by atoms with Gasteiger partial charge in [-0.1, -0.05) is 12.1 Å². The number of thiazole rings is 1. The van der Waals surface area contributed by atoms with E-state index in [-0.39, 0.29) is 29.1 Å². The number of nitrogens with one attached hydrogen (secondary N) is 1. The van der Waals surface area contributed by atoms with E-state index in [1.165, 1.54) is 50.8 Å². The second-order valence-corrected chi connectivity index (χ2v) is 8.82. The summed E-state index contributed by atoms with van der Waals surface area (Å²) in [4.78, 5) is 31.2. The van der Waals surface area contributed by atoms with E-state index in [2.05, 4.69) is 15.4 Å². The van der Waals surface area contributed by atoms with E-state index < -0.39 is 11.6 Å². The number of nitrogens with zero attached hydrogens (tertiary/aromatic N) is 4. The first-order chi connectivity index (χ1) is 16.8. The fourth-order valence-corrected chi connectivity index (χ4v) is 4.82. The number of amides is 1. The minimum absolute atomic E-state index is 0.0792. The molecule has 0 saturated carbocycles. The predicted octanol–water partition coefficient (Wildman–Crippen LogP) is 4.68. The van der Waals surface area contributed by atoms with Crippen LogP contribution >= 0.6 is 11.3 Å². The third kappa shape index (κ3) is 4.24. The highest BCUT2D eigenvalue weighted by atomic mass is 32.1. The molecular weight excluding hydrogens is 472 g/mol. The Hall–Kier alpha value is -4.18. The molecular formula is C25H19F2N5O2S. The van der Waals surface area contributed by atoms with Crippen molar-refractivity contribution in [2.75, 3.05) is 5.32 Å². The Bertz CT molecular complexity index is 1640. The molecule has 1 amide bonds. The molecule has 0 unspecified atom stereocenters. The Morgan fingerprint density at radius 1 is 1.09 bits per heavy atom. The maximum absolute atomic E-state index is 14.3. The molecule has 0 atom stereocenters. The number of carbonyl (C=O) groups excluding carboxylic acids is 1. The molecule has 0 aliphatic heterocycles. The number of fused-ring (bicyclic) bond motifs is 1. The van der Waals surface area contributed by atoms with Gasteiger partial charge in [0.15, 0.2) is 4.96 Å². The van der Waals surface area contributed by atoms with Gasteiger partial charge < -0.3 is 5.32 Å². The maximum atomic E-state index is 14.3. The number of para-hydroxylation sites is 1. The summed E-state index contributed by atoms with van der Waals surface area (Å²) in [6.45, 7) is 3.49. The number of hydrogen-bond acceptors (Lipinski definition) is 5. The Balaban J connectivity index is 1.53. The molecule has 35 heavy (non-hydrogen) atoms. The molecule has 3 aromatic heterocycles. The van der Waals surface area contributed by atoms with Crippen molar-refractivity contribution in [1.82, 2.24) is 19.2 Å². The monoisotopic (exact) mass is 491 g/mol. The van der Waals surface area contributed by atoms with Gasteiger partial charge in [0.1, 0.15) is 23.0 Å². The van der Waals surface area contributed by atoms with Crippen LogP contribution in [-0.4, -0.2) is 25.1 Å². The van der Waals surface area contributed by atoms with Crippen LogP contribution < -0.4 is 10.9 Å². The Labute approximate surface area is 202 Å². The van der Waals surface area contributed by atoms with Crippen LogP contribution in [0.1, 0.15) is 17.1 Å². The van der Waals surface area contributed by atoms with Gasteiger partial charge in [-0.15, -0.1) is 11.3 Å².